The summed E-state index contributed by atoms with van der Waals surface area (Å²) in [6.07, 6.45) is 2.82. The molecule has 0 fully saturated rings. The average Bonchev–Trinajstić information content (AvgIpc) is 2.38. The fourth-order valence-electron chi connectivity index (χ4n) is 1.35. The molecule has 0 aliphatic heterocycles. The Morgan fingerprint density at radius 2 is 2.16 bits per heavy atom. The maximum Gasteiger partial charge on any atom is 0.311 e. The first-order chi connectivity index (χ1) is 9.06. The van der Waals surface area contributed by atoms with Gasteiger partial charge in [0.15, 0.2) is 5.75 Å². The maximum atomic E-state index is 10.8. The van der Waals surface area contributed by atoms with Gasteiger partial charge < -0.3 is 10.5 Å². The molecule has 2 N–H and O–H groups in total. The third kappa shape index (κ3) is 3.29. The number of ether oxygens (including phenoxy) is 1. The van der Waals surface area contributed by atoms with Crippen LogP contribution in [-0.2, 0) is 6.61 Å². The van der Waals surface area contributed by atoms with Crippen LogP contribution in [0.3, 0.4) is 0 Å². The molecule has 1 aromatic carbocycles. The van der Waals surface area contributed by atoms with E-state index in [0.29, 0.717) is 10.7 Å². The molecule has 0 atom stereocenters. The maximum absolute atomic E-state index is 10.8. The molecule has 7 nitrogen and oxygen atoms in total. The van der Waals surface area contributed by atoms with Crippen LogP contribution in [0.2, 0.25) is 5.02 Å². The molecule has 98 valence electrons. The number of anilines is 1. The van der Waals surface area contributed by atoms with Gasteiger partial charge in [-0.25, -0.2) is 4.98 Å². The van der Waals surface area contributed by atoms with E-state index in [1.807, 2.05) is 0 Å². The zero-order chi connectivity index (χ0) is 13.8. The Kier molecular flexibility index (Phi) is 3.76. The number of benzene rings is 1. The van der Waals surface area contributed by atoms with E-state index in [0.717, 1.165) is 0 Å². The third-order valence-electron chi connectivity index (χ3n) is 2.22. The van der Waals surface area contributed by atoms with Crippen molar-refractivity contribution in [3.8, 4) is 5.75 Å². The molecule has 0 saturated carbocycles. The average molecular weight is 281 g/mol. The summed E-state index contributed by atoms with van der Waals surface area (Å²) in [6, 6.07) is 4.09. The van der Waals surface area contributed by atoms with Crippen LogP contribution in [0, 0.1) is 10.1 Å². The number of nitro groups is 1. The van der Waals surface area contributed by atoms with Crippen LogP contribution in [-0.4, -0.2) is 14.9 Å². The monoisotopic (exact) mass is 280 g/mol. The van der Waals surface area contributed by atoms with E-state index >= 15 is 0 Å². The predicted molar refractivity (Wildman–Crippen MR) is 68.9 cm³/mol. The Hall–Kier alpha value is -2.41. The Balaban J connectivity index is 2.16. The van der Waals surface area contributed by atoms with Gasteiger partial charge in [0.25, 0.3) is 0 Å². The molecule has 2 rings (SSSR count). The van der Waals surface area contributed by atoms with Gasteiger partial charge in [-0.05, 0) is 6.07 Å². The first-order valence-electron chi connectivity index (χ1n) is 5.19. The van der Waals surface area contributed by atoms with E-state index in [-0.39, 0.29) is 23.9 Å². The largest absolute Gasteiger partial charge is 0.480 e. The summed E-state index contributed by atoms with van der Waals surface area (Å²) in [7, 11) is 0. The normalized spacial score (nSPS) is 10.2. The van der Waals surface area contributed by atoms with Crippen molar-refractivity contribution in [2.75, 3.05) is 5.73 Å². The SMILES string of the molecule is Nc1cnc(COc2cc(Cl)ccc2[N+](=O)[O-])cn1. The lowest BCUT2D eigenvalue weighted by Gasteiger charge is -2.06. The predicted octanol–water partition coefficient (Wildman–Crippen LogP) is 2.20. The molecule has 0 amide bonds. The van der Waals surface area contributed by atoms with Crippen molar-refractivity contribution in [1.29, 1.82) is 0 Å². The lowest BCUT2D eigenvalue weighted by atomic mass is 10.3. The van der Waals surface area contributed by atoms with Gasteiger partial charge in [0, 0.05) is 17.2 Å². The second-order valence-electron chi connectivity index (χ2n) is 3.59. The molecule has 0 aliphatic carbocycles. The summed E-state index contributed by atoms with van der Waals surface area (Å²) in [5, 5.41) is 11.2. The molecular weight excluding hydrogens is 272 g/mol. The lowest BCUT2D eigenvalue weighted by Crippen LogP contribution is -2.02. The number of nitro benzene ring substituents is 1. The summed E-state index contributed by atoms with van der Waals surface area (Å²) < 4.78 is 5.34. The summed E-state index contributed by atoms with van der Waals surface area (Å²) in [4.78, 5) is 18.1. The molecule has 0 aliphatic rings. The van der Waals surface area contributed by atoms with Crippen LogP contribution < -0.4 is 10.5 Å². The summed E-state index contributed by atoms with van der Waals surface area (Å²) in [6.45, 7) is 0.0362. The number of halogens is 1. The molecule has 0 saturated heterocycles. The molecule has 0 spiro atoms. The topological polar surface area (TPSA) is 104 Å². The fraction of sp³-hybridized carbons (Fsp3) is 0.0909. The van der Waals surface area contributed by atoms with Crippen molar-refractivity contribution in [3.63, 3.8) is 0 Å². The van der Waals surface area contributed by atoms with Gasteiger partial charge >= 0.3 is 5.69 Å². The second kappa shape index (κ2) is 5.49. The Morgan fingerprint density at radius 1 is 1.37 bits per heavy atom. The van der Waals surface area contributed by atoms with E-state index in [2.05, 4.69) is 9.97 Å². The molecule has 8 heteroatoms. The molecule has 0 unspecified atom stereocenters. The van der Waals surface area contributed by atoms with Crippen LogP contribution in [0.1, 0.15) is 5.69 Å². The molecule has 0 radical (unpaired) electrons. The Bertz CT molecular complexity index is 603. The fourth-order valence-corrected chi connectivity index (χ4v) is 1.51. The minimum absolute atomic E-state index is 0.0362. The zero-order valence-corrected chi connectivity index (χ0v) is 10.4. The van der Waals surface area contributed by atoms with Crippen molar-refractivity contribution in [3.05, 3.63) is 51.4 Å². The molecule has 19 heavy (non-hydrogen) atoms. The highest BCUT2D eigenvalue weighted by Gasteiger charge is 2.15. The minimum atomic E-state index is -0.541. The van der Waals surface area contributed by atoms with Gasteiger partial charge in [0.1, 0.15) is 12.4 Å². The number of nitrogen functional groups attached to an aromatic ring is 1. The molecule has 1 aromatic heterocycles. The highest BCUT2D eigenvalue weighted by molar-refractivity contribution is 6.30. The molecule has 2 aromatic rings. The van der Waals surface area contributed by atoms with Crippen molar-refractivity contribution < 1.29 is 9.66 Å². The van der Waals surface area contributed by atoms with E-state index in [1.165, 1.54) is 30.6 Å². The number of rotatable bonds is 4. The Morgan fingerprint density at radius 3 is 2.79 bits per heavy atom. The zero-order valence-electron chi connectivity index (χ0n) is 9.62. The Labute approximate surface area is 113 Å². The van der Waals surface area contributed by atoms with Crippen LogP contribution in [0.25, 0.3) is 0 Å². The van der Waals surface area contributed by atoms with Gasteiger partial charge in [-0.15, -0.1) is 0 Å². The van der Waals surface area contributed by atoms with Crippen LogP contribution in [0.15, 0.2) is 30.6 Å². The second-order valence-corrected chi connectivity index (χ2v) is 4.03. The molecular formula is C11H9ClN4O3. The third-order valence-corrected chi connectivity index (χ3v) is 2.45. The van der Waals surface area contributed by atoms with Gasteiger partial charge in [0.2, 0.25) is 0 Å². The van der Waals surface area contributed by atoms with Gasteiger partial charge in [-0.2, -0.15) is 0 Å². The molecule has 1 heterocycles. The smallest absolute Gasteiger partial charge is 0.311 e. The standard InChI is InChI=1S/C11H9ClN4O3/c12-7-1-2-9(16(17)18)10(3-7)19-6-8-4-15-11(13)5-14-8/h1-5H,6H2,(H2,13,15). The van der Waals surface area contributed by atoms with Crippen molar-refractivity contribution >= 4 is 23.1 Å². The first kappa shape index (κ1) is 13.0. The minimum Gasteiger partial charge on any atom is -0.480 e. The summed E-state index contributed by atoms with van der Waals surface area (Å²) in [5.41, 5.74) is 5.74. The van der Waals surface area contributed by atoms with E-state index in [4.69, 9.17) is 22.1 Å². The summed E-state index contributed by atoms with van der Waals surface area (Å²) in [5.74, 6) is 0.369. The number of hydrogen-bond donors (Lipinski definition) is 1. The highest BCUT2D eigenvalue weighted by Crippen LogP contribution is 2.30. The van der Waals surface area contributed by atoms with Gasteiger partial charge in [-0.3, -0.25) is 15.1 Å². The van der Waals surface area contributed by atoms with E-state index in [9.17, 15) is 10.1 Å². The number of hydrogen-bond acceptors (Lipinski definition) is 6. The number of aromatic nitrogens is 2. The van der Waals surface area contributed by atoms with Gasteiger partial charge in [0.05, 0.1) is 23.0 Å². The van der Waals surface area contributed by atoms with E-state index < -0.39 is 4.92 Å². The highest BCUT2D eigenvalue weighted by atomic mass is 35.5. The summed E-state index contributed by atoms with van der Waals surface area (Å²) >= 11 is 5.78. The van der Waals surface area contributed by atoms with Crippen LogP contribution >= 0.6 is 11.6 Å². The van der Waals surface area contributed by atoms with Crippen molar-refractivity contribution in [1.82, 2.24) is 9.97 Å². The van der Waals surface area contributed by atoms with Crippen molar-refractivity contribution in [2.24, 2.45) is 0 Å². The van der Waals surface area contributed by atoms with Crippen LogP contribution in [0.5, 0.6) is 5.75 Å². The quantitative estimate of drug-likeness (QED) is 0.680. The first-order valence-corrected chi connectivity index (χ1v) is 5.57. The molecule has 0 bridgehead atoms. The lowest BCUT2D eigenvalue weighted by molar-refractivity contribution is -0.385. The number of nitrogens with two attached hydrogens (primary N) is 1. The van der Waals surface area contributed by atoms with Crippen molar-refractivity contribution in [2.45, 2.75) is 6.61 Å². The number of nitrogens with zero attached hydrogens (tertiary/aromatic N) is 3. The van der Waals surface area contributed by atoms with E-state index in [1.54, 1.807) is 0 Å². The van der Waals surface area contributed by atoms with Crippen LogP contribution in [0.4, 0.5) is 11.5 Å². The van der Waals surface area contributed by atoms with Gasteiger partial charge in [-0.1, -0.05) is 11.6 Å².